The van der Waals surface area contributed by atoms with Crippen LogP contribution < -0.4 is 10.1 Å². The van der Waals surface area contributed by atoms with E-state index >= 15 is 0 Å². The largest absolute Gasteiger partial charge is 0.489 e. The monoisotopic (exact) mass is 367 g/mol. The van der Waals surface area contributed by atoms with Crippen molar-refractivity contribution in [2.24, 2.45) is 0 Å². The average Bonchev–Trinajstić information content (AvgIpc) is 2.88. The zero-order valence-electron chi connectivity index (χ0n) is 16.1. The molecule has 27 heavy (non-hydrogen) atoms. The van der Waals surface area contributed by atoms with Crippen molar-refractivity contribution in [3.8, 4) is 5.75 Å². The van der Waals surface area contributed by atoms with Gasteiger partial charge in [0.05, 0.1) is 0 Å². The third-order valence-corrected chi connectivity index (χ3v) is 4.90. The molecule has 1 aromatic carbocycles. The van der Waals surface area contributed by atoms with Crippen LogP contribution in [0.3, 0.4) is 0 Å². The maximum Gasteiger partial charge on any atom is 0.221 e. The van der Waals surface area contributed by atoms with Crippen LogP contribution in [0.25, 0.3) is 0 Å². The highest BCUT2D eigenvalue weighted by atomic mass is 16.5. The number of amides is 1. The zero-order chi connectivity index (χ0) is 18.9. The summed E-state index contributed by atoms with van der Waals surface area (Å²) in [7, 11) is 0. The molecule has 1 amide bonds. The summed E-state index contributed by atoms with van der Waals surface area (Å²) in [5.41, 5.74) is 2.27. The van der Waals surface area contributed by atoms with Gasteiger partial charge in [0.25, 0.3) is 0 Å². The van der Waals surface area contributed by atoms with Gasteiger partial charge in [0.2, 0.25) is 5.91 Å². The van der Waals surface area contributed by atoms with E-state index in [9.17, 15) is 4.79 Å². The van der Waals surface area contributed by atoms with E-state index in [1.165, 1.54) is 12.0 Å². The molecule has 0 spiro atoms. The number of pyridine rings is 1. The van der Waals surface area contributed by atoms with Gasteiger partial charge in [-0.15, -0.1) is 0 Å². The summed E-state index contributed by atoms with van der Waals surface area (Å²) in [4.78, 5) is 18.6. The molecule has 144 valence electrons. The SMILES string of the molecule is CCCCC1CN(CCC(=O)NCc2ccncc2)Cc2ccccc2O1. The summed E-state index contributed by atoms with van der Waals surface area (Å²) in [6, 6.07) is 12.1. The summed E-state index contributed by atoms with van der Waals surface area (Å²) >= 11 is 0. The van der Waals surface area contributed by atoms with Gasteiger partial charge in [0, 0.05) is 50.6 Å². The number of aromatic nitrogens is 1. The van der Waals surface area contributed by atoms with Crippen LogP contribution in [-0.4, -0.2) is 35.0 Å². The van der Waals surface area contributed by atoms with Crippen LogP contribution in [0.4, 0.5) is 0 Å². The van der Waals surface area contributed by atoms with Crippen molar-refractivity contribution < 1.29 is 9.53 Å². The smallest absolute Gasteiger partial charge is 0.221 e. The topological polar surface area (TPSA) is 54.5 Å². The van der Waals surface area contributed by atoms with Crippen molar-refractivity contribution in [3.05, 3.63) is 59.9 Å². The number of rotatable bonds is 8. The number of nitrogens with zero attached hydrogens (tertiary/aromatic N) is 2. The Kier molecular flexibility index (Phi) is 7.22. The summed E-state index contributed by atoms with van der Waals surface area (Å²) in [6.07, 6.45) is 7.54. The standard InChI is InChI=1S/C22H29N3O2/c1-2-3-7-20-17-25(16-19-6-4-5-8-21(19)27-20)14-11-22(26)24-15-18-9-12-23-13-10-18/h4-6,8-10,12-13,20H,2-3,7,11,14-17H2,1H3,(H,24,26). The van der Waals surface area contributed by atoms with E-state index in [-0.39, 0.29) is 12.0 Å². The first kappa shape index (κ1) is 19.4. The lowest BCUT2D eigenvalue weighted by molar-refractivity contribution is -0.121. The minimum atomic E-state index is 0.0790. The van der Waals surface area contributed by atoms with E-state index in [0.717, 1.165) is 43.8 Å². The van der Waals surface area contributed by atoms with Crippen LogP contribution >= 0.6 is 0 Å². The van der Waals surface area contributed by atoms with Gasteiger partial charge in [-0.05, 0) is 36.6 Å². The third kappa shape index (κ3) is 6.07. The number of hydrogen-bond donors (Lipinski definition) is 1. The van der Waals surface area contributed by atoms with E-state index in [1.807, 2.05) is 24.3 Å². The fourth-order valence-electron chi connectivity index (χ4n) is 3.36. The lowest BCUT2D eigenvalue weighted by atomic mass is 10.1. The highest BCUT2D eigenvalue weighted by Gasteiger charge is 2.22. The molecular weight excluding hydrogens is 338 g/mol. The zero-order valence-corrected chi connectivity index (χ0v) is 16.1. The number of hydrogen-bond acceptors (Lipinski definition) is 4. The Bertz CT molecular complexity index is 721. The minimum absolute atomic E-state index is 0.0790. The number of benzene rings is 1. The molecule has 1 aromatic heterocycles. The summed E-state index contributed by atoms with van der Waals surface area (Å²) in [5, 5.41) is 2.99. The molecule has 0 saturated heterocycles. The predicted octanol–water partition coefficient (Wildman–Crippen LogP) is 3.54. The fraction of sp³-hybridized carbons (Fsp3) is 0.455. The molecule has 0 fully saturated rings. The van der Waals surface area contributed by atoms with Crippen molar-refractivity contribution in [2.75, 3.05) is 13.1 Å². The molecule has 1 aliphatic rings. The second kappa shape index (κ2) is 10.1. The van der Waals surface area contributed by atoms with Crippen LogP contribution in [0.5, 0.6) is 5.75 Å². The van der Waals surface area contributed by atoms with Crippen molar-refractivity contribution in [1.29, 1.82) is 0 Å². The molecule has 1 N–H and O–H groups in total. The molecular formula is C22H29N3O2. The van der Waals surface area contributed by atoms with Crippen LogP contribution in [0, 0.1) is 0 Å². The minimum Gasteiger partial charge on any atom is -0.489 e. The Morgan fingerprint density at radius 2 is 2.07 bits per heavy atom. The normalized spacial score (nSPS) is 16.9. The van der Waals surface area contributed by atoms with Gasteiger partial charge < -0.3 is 10.1 Å². The van der Waals surface area contributed by atoms with E-state index in [0.29, 0.717) is 13.0 Å². The molecule has 1 aliphatic heterocycles. The van der Waals surface area contributed by atoms with Gasteiger partial charge in [-0.2, -0.15) is 0 Å². The lowest BCUT2D eigenvalue weighted by Gasteiger charge is -2.23. The Morgan fingerprint density at radius 1 is 1.26 bits per heavy atom. The van der Waals surface area contributed by atoms with Crippen molar-refractivity contribution in [2.45, 2.75) is 51.8 Å². The number of para-hydroxylation sites is 1. The highest BCUT2D eigenvalue weighted by molar-refractivity contribution is 5.76. The molecule has 1 unspecified atom stereocenters. The second-order valence-corrected chi connectivity index (χ2v) is 7.11. The van der Waals surface area contributed by atoms with E-state index in [2.05, 4.69) is 34.3 Å². The van der Waals surface area contributed by atoms with Crippen molar-refractivity contribution in [1.82, 2.24) is 15.2 Å². The molecule has 2 aromatic rings. The highest BCUT2D eigenvalue weighted by Crippen LogP contribution is 2.26. The molecule has 0 radical (unpaired) electrons. The van der Waals surface area contributed by atoms with Gasteiger partial charge in [0.15, 0.2) is 0 Å². The van der Waals surface area contributed by atoms with E-state index in [1.54, 1.807) is 12.4 Å². The Labute approximate surface area is 161 Å². The second-order valence-electron chi connectivity index (χ2n) is 7.11. The summed E-state index contributed by atoms with van der Waals surface area (Å²) < 4.78 is 6.25. The van der Waals surface area contributed by atoms with Crippen LogP contribution in [0.2, 0.25) is 0 Å². The number of carbonyl (C=O) groups is 1. The van der Waals surface area contributed by atoms with Crippen molar-refractivity contribution >= 4 is 5.91 Å². The van der Waals surface area contributed by atoms with Gasteiger partial charge in [-0.3, -0.25) is 14.7 Å². The van der Waals surface area contributed by atoms with Crippen LogP contribution in [-0.2, 0) is 17.9 Å². The molecule has 1 atom stereocenters. The lowest BCUT2D eigenvalue weighted by Crippen LogP contribution is -2.35. The summed E-state index contributed by atoms with van der Waals surface area (Å²) in [5.74, 6) is 1.07. The molecule has 0 aliphatic carbocycles. The molecule has 5 heteroatoms. The average molecular weight is 367 g/mol. The van der Waals surface area contributed by atoms with Crippen molar-refractivity contribution in [3.63, 3.8) is 0 Å². The van der Waals surface area contributed by atoms with Gasteiger partial charge in [-0.25, -0.2) is 0 Å². The fourth-order valence-corrected chi connectivity index (χ4v) is 3.36. The first-order valence-corrected chi connectivity index (χ1v) is 9.87. The summed E-state index contributed by atoms with van der Waals surface area (Å²) in [6.45, 7) is 5.19. The Balaban J connectivity index is 1.53. The molecule has 0 saturated carbocycles. The maximum atomic E-state index is 12.3. The Morgan fingerprint density at radius 3 is 2.89 bits per heavy atom. The number of fused-ring (bicyclic) bond motifs is 1. The first-order valence-electron chi connectivity index (χ1n) is 9.87. The van der Waals surface area contributed by atoms with Gasteiger partial charge >= 0.3 is 0 Å². The van der Waals surface area contributed by atoms with E-state index < -0.39 is 0 Å². The first-order chi connectivity index (χ1) is 13.2. The Hall–Kier alpha value is -2.40. The predicted molar refractivity (Wildman–Crippen MR) is 106 cm³/mol. The molecule has 3 rings (SSSR count). The quantitative estimate of drug-likeness (QED) is 0.775. The number of carbonyl (C=O) groups excluding carboxylic acids is 1. The number of nitrogens with one attached hydrogen (secondary N) is 1. The molecule has 2 heterocycles. The maximum absolute atomic E-state index is 12.3. The van der Waals surface area contributed by atoms with Crippen LogP contribution in [0.15, 0.2) is 48.8 Å². The molecule has 0 bridgehead atoms. The molecule has 5 nitrogen and oxygen atoms in total. The van der Waals surface area contributed by atoms with Crippen LogP contribution in [0.1, 0.15) is 43.7 Å². The number of unbranched alkanes of at least 4 members (excludes halogenated alkanes) is 1. The van der Waals surface area contributed by atoms with Gasteiger partial charge in [-0.1, -0.05) is 31.5 Å². The van der Waals surface area contributed by atoms with E-state index in [4.69, 9.17) is 4.74 Å². The number of ether oxygens (including phenoxy) is 1. The third-order valence-electron chi connectivity index (χ3n) is 4.90. The van der Waals surface area contributed by atoms with Gasteiger partial charge in [0.1, 0.15) is 11.9 Å².